The third-order valence-corrected chi connectivity index (χ3v) is 4.71. The summed E-state index contributed by atoms with van der Waals surface area (Å²) in [6.45, 7) is 0. The smallest absolute Gasteiger partial charge is 0.321 e. The highest BCUT2D eigenvalue weighted by molar-refractivity contribution is 6.46. The van der Waals surface area contributed by atoms with Crippen LogP contribution in [0.1, 0.15) is 11.1 Å². The highest BCUT2D eigenvalue weighted by Gasteiger charge is 2.46. The molecule has 0 N–H and O–H groups in total. The number of amides is 1. The Kier molecular flexibility index (Phi) is 3.29. The van der Waals surface area contributed by atoms with Gasteiger partial charge in [-0.15, -0.1) is 0 Å². The zero-order valence-corrected chi connectivity index (χ0v) is 14.6. The Morgan fingerprint density at radius 1 is 1.00 bits per heavy atom. The predicted molar refractivity (Wildman–Crippen MR) is 100 cm³/mol. The molecule has 1 aromatic heterocycles. The Morgan fingerprint density at radius 3 is 2.46 bits per heavy atom. The normalized spacial score (nSPS) is 15.4. The van der Waals surface area contributed by atoms with Gasteiger partial charge < -0.3 is 4.74 Å². The summed E-state index contributed by atoms with van der Waals surface area (Å²) < 4.78 is 5.76. The van der Waals surface area contributed by atoms with Gasteiger partial charge in [-0.05, 0) is 42.5 Å². The lowest BCUT2D eigenvalue weighted by Crippen LogP contribution is -2.22. The number of halogens is 2. The summed E-state index contributed by atoms with van der Waals surface area (Å²) in [7, 11) is 0. The zero-order valence-electron chi connectivity index (χ0n) is 13.1. The van der Waals surface area contributed by atoms with Crippen molar-refractivity contribution in [2.45, 2.75) is 0 Å². The number of fused-ring (bicyclic) bond motifs is 1. The summed E-state index contributed by atoms with van der Waals surface area (Å²) >= 11 is 12.2. The van der Waals surface area contributed by atoms with Crippen LogP contribution in [0.5, 0.6) is 11.8 Å². The molecule has 0 spiro atoms. The molecule has 0 atom stereocenters. The van der Waals surface area contributed by atoms with Crippen molar-refractivity contribution in [1.29, 1.82) is 0 Å². The number of ether oxygens (including phenoxy) is 1. The van der Waals surface area contributed by atoms with Gasteiger partial charge in [0.2, 0.25) is 0 Å². The molecule has 0 saturated carbocycles. The van der Waals surface area contributed by atoms with E-state index in [1.165, 1.54) is 0 Å². The van der Waals surface area contributed by atoms with Gasteiger partial charge in [0.15, 0.2) is 0 Å². The van der Waals surface area contributed by atoms with Crippen molar-refractivity contribution in [3.63, 3.8) is 0 Å². The average molecular weight is 382 g/mol. The van der Waals surface area contributed by atoms with Crippen LogP contribution in [-0.2, 0) is 4.79 Å². The Morgan fingerprint density at radius 2 is 1.73 bits per heavy atom. The van der Waals surface area contributed by atoms with Gasteiger partial charge >= 0.3 is 6.01 Å². The molecule has 126 valence electrons. The van der Waals surface area contributed by atoms with E-state index in [9.17, 15) is 4.79 Å². The number of nitrogens with zero attached hydrogens (tertiary/aromatic N) is 3. The highest BCUT2D eigenvalue weighted by atomic mass is 35.5. The number of hydrogen-bond acceptors (Lipinski definition) is 4. The van der Waals surface area contributed by atoms with Gasteiger partial charge in [-0.1, -0.05) is 23.2 Å². The summed E-state index contributed by atoms with van der Waals surface area (Å²) in [5.74, 6) is 0.432. The van der Waals surface area contributed by atoms with Gasteiger partial charge in [0, 0.05) is 33.6 Å². The monoisotopic (exact) mass is 381 g/mol. The summed E-state index contributed by atoms with van der Waals surface area (Å²) in [4.78, 5) is 22.4. The maximum Gasteiger partial charge on any atom is 0.321 e. The topological polar surface area (TPSA) is 55.3 Å². The number of anilines is 2. The van der Waals surface area contributed by atoms with E-state index >= 15 is 0 Å². The fourth-order valence-electron chi connectivity index (χ4n) is 3.18. The molecular weight excluding hydrogens is 373 g/mol. The van der Waals surface area contributed by atoms with E-state index in [1.54, 1.807) is 59.8 Å². The van der Waals surface area contributed by atoms with Gasteiger partial charge in [-0.2, -0.15) is 0 Å². The first-order chi connectivity index (χ1) is 12.6. The van der Waals surface area contributed by atoms with Crippen molar-refractivity contribution in [1.82, 2.24) is 9.97 Å². The number of rotatable bonds is 3. The fraction of sp³-hybridized carbons (Fsp3) is 0. The molecule has 6 rings (SSSR count). The summed E-state index contributed by atoms with van der Waals surface area (Å²) in [5, 5.41) is 1.16. The number of hydrogen-bond donors (Lipinski definition) is 0. The summed E-state index contributed by atoms with van der Waals surface area (Å²) in [5.41, 5.74) is 3.83. The van der Waals surface area contributed by atoms with Crippen molar-refractivity contribution in [2.24, 2.45) is 0 Å². The SMILES string of the molecule is O=C1C(=Cc2cc(Cl)ccc2Oc2ncccn2)c2c3cc(Cl)cc2N13. The Labute approximate surface area is 158 Å². The minimum atomic E-state index is -0.0800. The Bertz CT molecular complexity index is 1090. The lowest BCUT2D eigenvalue weighted by Gasteiger charge is -2.26. The van der Waals surface area contributed by atoms with E-state index in [0.29, 0.717) is 26.9 Å². The largest absolute Gasteiger partial charge is 0.424 e. The van der Waals surface area contributed by atoms with Crippen molar-refractivity contribution in [2.75, 3.05) is 4.90 Å². The van der Waals surface area contributed by atoms with Crippen LogP contribution < -0.4 is 9.64 Å². The third-order valence-electron chi connectivity index (χ3n) is 4.26. The number of aromatic nitrogens is 2. The van der Waals surface area contributed by atoms with Gasteiger partial charge in [0.25, 0.3) is 5.91 Å². The molecule has 4 bridgehead atoms. The minimum Gasteiger partial charge on any atom is -0.424 e. The molecule has 3 aliphatic heterocycles. The van der Waals surface area contributed by atoms with Crippen molar-refractivity contribution >= 4 is 52.1 Å². The van der Waals surface area contributed by atoms with Gasteiger partial charge in [-0.25, -0.2) is 9.97 Å². The van der Waals surface area contributed by atoms with Gasteiger partial charge in [0.1, 0.15) is 5.75 Å². The maximum absolute atomic E-state index is 12.6. The first kappa shape index (κ1) is 15.4. The molecule has 5 nitrogen and oxygen atoms in total. The Balaban J connectivity index is 1.59. The van der Waals surface area contributed by atoms with Crippen LogP contribution in [0, 0.1) is 0 Å². The van der Waals surface area contributed by atoms with E-state index in [0.717, 1.165) is 16.9 Å². The summed E-state index contributed by atoms with van der Waals surface area (Å²) in [6, 6.07) is 10.7. The number of benzene rings is 2. The second-order valence-electron chi connectivity index (χ2n) is 5.83. The summed E-state index contributed by atoms with van der Waals surface area (Å²) in [6.07, 6.45) is 4.96. The highest BCUT2D eigenvalue weighted by Crippen LogP contribution is 2.57. The quantitative estimate of drug-likeness (QED) is 0.591. The lowest BCUT2D eigenvalue weighted by atomic mass is 10.00. The van der Waals surface area contributed by atoms with E-state index in [-0.39, 0.29) is 11.9 Å². The average Bonchev–Trinajstić information content (AvgIpc) is 3.06. The lowest BCUT2D eigenvalue weighted by molar-refractivity contribution is -0.112. The van der Waals surface area contributed by atoms with Crippen LogP contribution in [0.4, 0.5) is 11.4 Å². The second-order valence-corrected chi connectivity index (χ2v) is 6.71. The molecule has 3 aliphatic rings. The molecule has 7 heteroatoms. The number of carbonyl (C=O) groups excluding carboxylic acids is 1. The van der Waals surface area contributed by atoms with E-state index < -0.39 is 0 Å². The van der Waals surface area contributed by atoms with Gasteiger partial charge in [0.05, 0.1) is 16.9 Å². The third kappa shape index (κ3) is 2.21. The van der Waals surface area contributed by atoms with E-state index in [1.807, 2.05) is 0 Å². The molecule has 0 fully saturated rings. The van der Waals surface area contributed by atoms with Crippen LogP contribution in [0.25, 0.3) is 11.6 Å². The van der Waals surface area contributed by atoms with Crippen molar-refractivity contribution in [3.8, 4) is 11.8 Å². The molecular formula is C19H9Cl2N3O2. The molecule has 0 aliphatic carbocycles. The molecule has 2 aromatic carbocycles. The molecule has 4 heterocycles. The molecule has 0 radical (unpaired) electrons. The van der Waals surface area contributed by atoms with E-state index in [2.05, 4.69) is 9.97 Å². The fourth-order valence-corrected chi connectivity index (χ4v) is 3.57. The standard InChI is InChI=1S/C19H9Cl2N3O2/c20-11-2-3-16(26-19-22-4-1-5-23-19)10(6-11)7-13-17-14-8-12(21)9-15(17)24(14)18(13)25/h1-9H. The Hall–Kier alpha value is -2.89. The maximum atomic E-state index is 12.6. The molecule has 0 saturated heterocycles. The molecule has 0 unspecified atom stereocenters. The van der Waals surface area contributed by atoms with Crippen LogP contribution in [-0.4, -0.2) is 15.9 Å². The minimum absolute atomic E-state index is 0.0800. The zero-order chi connectivity index (χ0) is 17.8. The van der Waals surface area contributed by atoms with Crippen molar-refractivity contribution < 1.29 is 9.53 Å². The van der Waals surface area contributed by atoms with Crippen LogP contribution in [0.15, 0.2) is 48.8 Å². The molecule has 26 heavy (non-hydrogen) atoms. The predicted octanol–water partition coefficient (Wildman–Crippen LogP) is 5.11. The molecule has 3 aromatic rings. The number of carbonyl (C=O) groups is 1. The van der Waals surface area contributed by atoms with Crippen molar-refractivity contribution in [3.05, 3.63) is 70.0 Å². The van der Waals surface area contributed by atoms with E-state index in [4.69, 9.17) is 27.9 Å². The first-order valence-corrected chi connectivity index (χ1v) is 8.52. The first-order valence-electron chi connectivity index (χ1n) is 7.76. The second kappa shape index (κ2) is 5.56. The van der Waals surface area contributed by atoms with Gasteiger partial charge in [-0.3, -0.25) is 9.69 Å². The molecule has 1 amide bonds. The van der Waals surface area contributed by atoms with Crippen LogP contribution in [0.3, 0.4) is 0 Å². The van der Waals surface area contributed by atoms with Crippen LogP contribution >= 0.6 is 23.2 Å². The van der Waals surface area contributed by atoms with Crippen LogP contribution in [0.2, 0.25) is 10.0 Å².